The summed E-state index contributed by atoms with van der Waals surface area (Å²) in [5.41, 5.74) is 2.28. The number of hydrogen-bond acceptors (Lipinski definition) is 2. The number of nitrogens with one attached hydrogen (secondary N) is 2. The quantitative estimate of drug-likeness (QED) is 0.851. The normalized spacial score (nSPS) is 12.3. The summed E-state index contributed by atoms with van der Waals surface area (Å²) < 4.78 is 5.21. The first-order chi connectivity index (χ1) is 9.65. The van der Waals surface area contributed by atoms with E-state index in [9.17, 15) is 4.79 Å². The van der Waals surface area contributed by atoms with E-state index >= 15 is 0 Å². The van der Waals surface area contributed by atoms with Crippen LogP contribution in [0, 0.1) is 5.92 Å². The largest absolute Gasteiger partial charge is 0.497 e. The van der Waals surface area contributed by atoms with Crippen LogP contribution in [0.2, 0.25) is 0 Å². The number of fused-ring (bicyclic) bond motifs is 1. The van der Waals surface area contributed by atoms with Crippen molar-refractivity contribution < 1.29 is 9.53 Å². The molecule has 1 aromatic carbocycles. The molecule has 0 fully saturated rings. The predicted octanol–water partition coefficient (Wildman–Crippen LogP) is 2.88. The second-order valence-electron chi connectivity index (χ2n) is 5.08. The maximum Gasteiger partial charge on any atom is 0.222 e. The zero-order chi connectivity index (χ0) is 14.5. The van der Waals surface area contributed by atoms with E-state index in [-0.39, 0.29) is 11.8 Å². The van der Waals surface area contributed by atoms with Gasteiger partial charge in [0.2, 0.25) is 5.91 Å². The Morgan fingerprint density at radius 2 is 2.25 bits per heavy atom. The Morgan fingerprint density at radius 1 is 1.45 bits per heavy atom. The fourth-order valence-corrected chi connectivity index (χ4v) is 2.18. The van der Waals surface area contributed by atoms with Crippen LogP contribution in [0.15, 0.2) is 24.4 Å². The summed E-state index contributed by atoms with van der Waals surface area (Å²) in [7, 11) is 1.66. The molecule has 4 heteroatoms. The maximum atomic E-state index is 11.7. The fraction of sp³-hybridized carbons (Fsp3) is 0.438. The number of aromatic amines is 1. The molecule has 0 aliphatic rings. The zero-order valence-electron chi connectivity index (χ0n) is 12.3. The minimum atomic E-state index is 0.0854. The number of H-pyrrole nitrogens is 1. The van der Waals surface area contributed by atoms with Crippen molar-refractivity contribution in [3.05, 3.63) is 30.0 Å². The van der Waals surface area contributed by atoms with Crippen molar-refractivity contribution in [1.29, 1.82) is 0 Å². The van der Waals surface area contributed by atoms with Gasteiger partial charge in [-0.05, 0) is 30.5 Å². The van der Waals surface area contributed by atoms with E-state index in [1.165, 1.54) is 10.9 Å². The number of aromatic nitrogens is 1. The summed E-state index contributed by atoms with van der Waals surface area (Å²) in [6.07, 6.45) is 3.70. The summed E-state index contributed by atoms with van der Waals surface area (Å²) in [6.45, 7) is 4.65. The highest BCUT2D eigenvalue weighted by atomic mass is 16.5. The van der Waals surface area contributed by atoms with Crippen molar-refractivity contribution in [2.75, 3.05) is 13.7 Å². The number of rotatable bonds is 6. The maximum absolute atomic E-state index is 11.7. The molecule has 2 N–H and O–H groups in total. The molecule has 0 aliphatic carbocycles. The average molecular weight is 274 g/mol. The lowest BCUT2D eigenvalue weighted by Crippen LogP contribution is -2.30. The first-order valence-corrected chi connectivity index (χ1v) is 7.07. The van der Waals surface area contributed by atoms with E-state index in [1.807, 2.05) is 32.2 Å². The molecule has 0 saturated carbocycles. The van der Waals surface area contributed by atoms with Crippen LogP contribution in [-0.2, 0) is 11.2 Å². The van der Waals surface area contributed by atoms with Crippen LogP contribution in [0.3, 0.4) is 0 Å². The van der Waals surface area contributed by atoms with Crippen molar-refractivity contribution in [3.8, 4) is 5.75 Å². The van der Waals surface area contributed by atoms with Gasteiger partial charge < -0.3 is 15.0 Å². The van der Waals surface area contributed by atoms with Crippen LogP contribution in [-0.4, -0.2) is 24.5 Å². The minimum Gasteiger partial charge on any atom is -0.497 e. The van der Waals surface area contributed by atoms with Gasteiger partial charge >= 0.3 is 0 Å². The Hall–Kier alpha value is -1.97. The van der Waals surface area contributed by atoms with Crippen molar-refractivity contribution in [2.24, 2.45) is 5.92 Å². The lowest BCUT2D eigenvalue weighted by Gasteiger charge is -2.09. The van der Waals surface area contributed by atoms with E-state index in [2.05, 4.69) is 16.4 Å². The van der Waals surface area contributed by atoms with Gasteiger partial charge in [-0.15, -0.1) is 0 Å². The van der Waals surface area contributed by atoms with E-state index in [0.29, 0.717) is 6.54 Å². The Kier molecular flexibility index (Phi) is 4.66. The van der Waals surface area contributed by atoms with E-state index in [4.69, 9.17) is 4.74 Å². The van der Waals surface area contributed by atoms with Crippen LogP contribution in [0.1, 0.15) is 25.8 Å². The van der Waals surface area contributed by atoms with Crippen molar-refractivity contribution in [2.45, 2.75) is 26.7 Å². The molecule has 1 heterocycles. The number of carbonyl (C=O) groups is 1. The standard InChI is InChI=1S/C16H22N2O2/c1-4-11(2)16(19)17-8-7-12-10-18-15-9-13(20-3)5-6-14(12)15/h5-6,9-11,18H,4,7-8H2,1-3H3,(H,17,19). The molecular formula is C16H22N2O2. The molecule has 1 aromatic heterocycles. The molecule has 0 radical (unpaired) electrons. The lowest BCUT2D eigenvalue weighted by molar-refractivity contribution is -0.124. The average Bonchev–Trinajstić information content (AvgIpc) is 2.88. The number of carbonyl (C=O) groups excluding carboxylic acids is 1. The number of methoxy groups -OCH3 is 1. The summed E-state index contributed by atoms with van der Waals surface area (Å²) in [4.78, 5) is 15.0. The van der Waals surface area contributed by atoms with Crippen molar-refractivity contribution in [1.82, 2.24) is 10.3 Å². The summed E-state index contributed by atoms with van der Waals surface area (Å²) in [6, 6.07) is 5.99. The molecule has 4 nitrogen and oxygen atoms in total. The minimum absolute atomic E-state index is 0.0854. The monoisotopic (exact) mass is 274 g/mol. The van der Waals surface area contributed by atoms with E-state index < -0.39 is 0 Å². The van der Waals surface area contributed by atoms with Crippen LogP contribution in [0.5, 0.6) is 5.75 Å². The third-order valence-corrected chi connectivity index (χ3v) is 3.73. The molecule has 1 amide bonds. The number of ether oxygens (including phenoxy) is 1. The number of hydrogen-bond donors (Lipinski definition) is 2. The summed E-state index contributed by atoms with van der Waals surface area (Å²) >= 11 is 0. The molecule has 0 aliphatic heterocycles. The topological polar surface area (TPSA) is 54.1 Å². The second kappa shape index (κ2) is 6.46. The zero-order valence-corrected chi connectivity index (χ0v) is 12.3. The highest BCUT2D eigenvalue weighted by Gasteiger charge is 2.10. The van der Waals surface area contributed by atoms with Gasteiger partial charge in [0.1, 0.15) is 5.75 Å². The summed E-state index contributed by atoms with van der Waals surface area (Å²) in [5, 5.41) is 4.17. The van der Waals surface area contributed by atoms with Crippen LogP contribution in [0.25, 0.3) is 10.9 Å². The highest BCUT2D eigenvalue weighted by Crippen LogP contribution is 2.23. The third-order valence-electron chi connectivity index (χ3n) is 3.73. The first kappa shape index (κ1) is 14.4. The molecule has 0 saturated heterocycles. The molecule has 2 aromatic rings. The van der Waals surface area contributed by atoms with Gasteiger partial charge in [0, 0.05) is 35.6 Å². The van der Waals surface area contributed by atoms with Crippen LogP contribution in [0.4, 0.5) is 0 Å². The molecular weight excluding hydrogens is 252 g/mol. The Labute approximate surface area is 119 Å². The Balaban J connectivity index is 1.98. The van der Waals surface area contributed by atoms with Crippen LogP contribution < -0.4 is 10.1 Å². The van der Waals surface area contributed by atoms with Gasteiger partial charge in [-0.3, -0.25) is 4.79 Å². The van der Waals surface area contributed by atoms with Gasteiger partial charge in [0.15, 0.2) is 0 Å². The van der Waals surface area contributed by atoms with Gasteiger partial charge in [0.25, 0.3) is 0 Å². The van der Waals surface area contributed by atoms with Crippen molar-refractivity contribution in [3.63, 3.8) is 0 Å². The fourth-order valence-electron chi connectivity index (χ4n) is 2.18. The highest BCUT2D eigenvalue weighted by molar-refractivity contribution is 5.84. The third kappa shape index (κ3) is 3.13. The predicted molar refractivity (Wildman–Crippen MR) is 81.0 cm³/mol. The molecule has 2 rings (SSSR count). The first-order valence-electron chi connectivity index (χ1n) is 7.07. The molecule has 1 atom stereocenters. The lowest BCUT2D eigenvalue weighted by atomic mass is 10.1. The SMILES string of the molecule is CCC(C)C(=O)NCCc1c[nH]c2cc(OC)ccc12. The van der Waals surface area contributed by atoms with Crippen LogP contribution >= 0.6 is 0 Å². The molecule has 0 spiro atoms. The van der Waals surface area contributed by atoms with E-state index in [0.717, 1.165) is 24.1 Å². The summed E-state index contributed by atoms with van der Waals surface area (Å²) in [5.74, 6) is 1.06. The molecule has 108 valence electrons. The molecule has 20 heavy (non-hydrogen) atoms. The number of benzene rings is 1. The number of amides is 1. The van der Waals surface area contributed by atoms with Gasteiger partial charge in [0.05, 0.1) is 7.11 Å². The Bertz CT molecular complexity index is 589. The van der Waals surface area contributed by atoms with Gasteiger partial charge in [-0.2, -0.15) is 0 Å². The van der Waals surface area contributed by atoms with Gasteiger partial charge in [-0.1, -0.05) is 13.8 Å². The molecule has 1 unspecified atom stereocenters. The van der Waals surface area contributed by atoms with Gasteiger partial charge in [-0.25, -0.2) is 0 Å². The smallest absolute Gasteiger partial charge is 0.222 e. The van der Waals surface area contributed by atoms with Crippen molar-refractivity contribution >= 4 is 16.8 Å². The van der Waals surface area contributed by atoms with E-state index in [1.54, 1.807) is 7.11 Å². The Morgan fingerprint density at radius 3 is 2.95 bits per heavy atom. The second-order valence-corrected chi connectivity index (χ2v) is 5.08. The molecule has 0 bridgehead atoms.